The van der Waals surface area contributed by atoms with Crippen LogP contribution in [0.3, 0.4) is 0 Å². The van der Waals surface area contributed by atoms with Gasteiger partial charge in [-0.05, 0) is 48.9 Å². The SMILES string of the molecule is CCCCCC1CN(CC(=O)N2CCC(c3ccccc3)CC2)C(=O)c2cc(-c3ccc(Cl)cc3)nn21. The summed E-state index contributed by atoms with van der Waals surface area (Å²) in [4.78, 5) is 30.5. The predicted octanol–water partition coefficient (Wildman–Crippen LogP) is 6.19. The van der Waals surface area contributed by atoms with Gasteiger partial charge in [0.05, 0.1) is 11.7 Å². The molecule has 1 fully saturated rings. The first kappa shape index (κ1) is 25.5. The molecule has 5 rings (SSSR count). The number of nitrogens with zero attached hydrogens (tertiary/aromatic N) is 4. The third-order valence-corrected chi connectivity index (χ3v) is 8.00. The Balaban J connectivity index is 1.29. The van der Waals surface area contributed by atoms with E-state index in [0.717, 1.165) is 62.9 Å². The van der Waals surface area contributed by atoms with Gasteiger partial charge in [0.2, 0.25) is 5.91 Å². The second-order valence-corrected chi connectivity index (χ2v) is 10.7. The molecule has 7 heteroatoms. The van der Waals surface area contributed by atoms with E-state index in [2.05, 4.69) is 31.2 Å². The average Bonchev–Trinajstić information content (AvgIpc) is 3.38. The van der Waals surface area contributed by atoms with E-state index < -0.39 is 0 Å². The number of rotatable bonds is 8. The maximum atomic E-state index is 13.5. The van der Waals surface area contributed by atoms with E-state index in [1.54, 1.807) is 4.90 Å². The van der Waals surface area contributed by atoms with E-state index in [0.29, 0.717) is 23.2 Å². The van der Waals surface area contributed by atoms with E-state index in [1.807, 2.05) is 46.0 Å². The van der Waals surface area contributed by atoms with Crippen LogP contribution in [0.1, 0.15) is 73.5 Å². The first-order valence-electron chi connectivity index (χ1n) is 13.5. The Kier molecular flexibility index (Phi) is 7.94. The molecular formula is C30H35ClN4O2. The molecule has 1 unspecified atom stereocenters. The zero-order valence-corrected chi connectivity index (χ0v) is 22.2. The molecule has 0 spiro atoms. The number of carbonyl (C=O) groups excluding carboxylic acids is 2. The largest absolute Gasteiger partial charge is 0.341 e. The number of amides is 2. The Morgan fingerprint density at radius 1 is 1.03 bits per heavy atom. The molecule has 6 nitrogen and oxygen atoms in total. The zero-order chi connectivity index (χ0) is 25.8. The number of likely N-dealkylation sites (tertiary alicyclic amines) is 1. The van der Waals surface area contributed by atoms with Crippen molar-refractivity contribution in [3.05, 3.63) is 76.9 Å². The summed E-state index contributed by atoms with van der Waals surface area (Å²) < 4.78 is 1.90. The number of hydrogen-bond acceptors (Lipinski definition) is 3. The second kappa shape index (κ2) is 11.5. The molecule has 0 N–H and O–H groups in total. The van der Waals surface area contributed by atoms with Crippen molar-refractivity contribution in [3.63, 3.8) is 0 Å². The summed E-state index contributed by atoms with van der Waals surface area (Å²) in [5, 5.41) is 5.50. The van der Waals surface area contributed by atoms with Crippen LogP contribution in [0.5, 0.6) is 0 Å². The smallest absolute Gasteiger partial charge is 0.272 e. The molecule has 2 aliphatic heterocycles. The maximum Gasteiger partial charge on any atom is 0.272 e. The first-order chi connectivity index (χ1) is 18.0. The molecule has 194 valence electrons. The van der Waals surface area contributed by atoms with Crippen LogP contribution in [0, 0.1) is 0 Å². The summed E-state index contributed by atoms with van der Waals surface area (Å²) in [6, 6.07) is 20.0. The van der Waals surface area contributed by atoms with Gasteiger partial charge in [-0.2, -0.15) is 5.10 Å². The van der Waals surface area contributed by atoms with Crippen LogP contribution in [0.2, 0.25) is 5.02 Å². The molecule has 0 bridgehead atoms. The summed E-state index contributed by atoms with van der Waals surface area (Å²) in [7, 11) is 0. The van der Waals surface area contributed by atoms with Crippen LogP contribution in [0.15, 0.2) is 60.7 Å². The molecule has 0 aliphatic carbocycles. The molecule has 1 saturated heterocycles. The van der Waals surface area contributed by atoms with Crippen molar-refractivity contribution in [1.29, 1.82) is 0 Å². The van der Waals surface area contributed by atoms with Crippen LogP contribution >= 0.6 is 11.6 Å². The minimum atomic E-state index is -0.119. The predicted molar refractivity (Wildman–Crippen MR) is 147 cm³/mol. The van der Waals surface area contributed by atoms with Crippen LogP contribution < -0.4 is 0 Å². The molecule has 0 saturated carbocycles. The van der Waals surface area contributed by atoms with Crippen molar-refractivity contribution in [3.8, 4) is 11.3 Å². The zero-order valence-electron chi connectivity index (χ0n) is 21.5. The quantitative estimate of drug-likeness (QED) is 0.334. The van der Waals surface area contributed by atoms with Gasteiger partial charge in [0.1, 0.15) is 12.2 Å². The number of hydrogen-bond donors (Lipinski definition) is 0. The van der Waals surface area contributed by atoms with E-state index in [4.69, 9.17) is 16.7 Å². The lowest BCUT2D eigenvalue weighted by molar-refractivity contribution is -0.133. The molecule has 2 aliphatic rings. The number of piperidine rings is 1. The molecule has 37 heavy (non-hydrogen) atoms. The molecule has 0 radical (unpaired) electrons. The fourth-order valence-corrected chi connectivity index (χ4v) is 5.73. The highest BCUT2D eigenvalue weighted by Gasteiger charge is 2.35. The van der Waals surface area contributed by atoms with Gasteiger partial charge in [0.25, 0.3) is 5.91 Å². The summed E-state index contributed by atoms with van der Waals surface area (Å²) >= 11 is 6.07. The normalized spacial score (nSPS) is 18.2. The van der Waals surface area contributed by atoms with Crippen LogP contribution in [0.4, 0.5) is 0 Å². The summed E-state index contributed by atoms with van der Waals surface area (Å²) in [6.45, 7) is 4.30. The Labute approximate surface area is 224 Å². The third kappa shape index (κ3) is 5.74. The van der Waals surface area contributed by atoms with E-state index >= 15 is 0 Å². The molecular weight excluding hydrogens is 484 g/mol. The Bertz CT molecular complexity index is 1220. The first-order valence-corrected chi connectivity index (χ1v) is 13.9. The highest BCUT2D eigenvalue weighted by atomic mass is 35.5. The summed E-state index contributed by atoms with van der Waals surface area (Å²) in [5.41, 5.74) is 3.60. The minimum Gasteiger partial charge on any atom is -0.341 e. The molecule has 3 aromatic rings. The van der Waals surface area contributed by atoms with Gasteiger partial charge in [-0.25, -0.2) is 0 Å². The van der Waals surface area contributed by atoms with Crippen LogP contribution in [-0.2, 0) is 4.79 Å². The number of halogens is 1. The van der Waals surface area contributed by atoms with Gasteiger partial charge in [-0.15, -0.1) is 0 Å². The van der Waals surface area contributed by atoms with Crippen LogP contribution in [-0.4, -0.2) is 57.6 Å². The van der Waals surface area contributed by atoms with Crippen LogP contribution in [0.25, 0.3) is 11.3 Å². The van der Waals surface area contributed by atoms with Gasteiger partial charge in [0, 0.05) is 30.2 Å². The van der Waals surface area contributed by atoms with E-state index in [9.17, 15) is 9.59 Å². The number of unbranched alkanes of at least 4 members (excludes halogenated alkanes) is 2. The Morgan fingerprint density at radius 3 is 2.46 bits per heavy atom. The molecule has 1 atom stereocenters. The van der Waals surface area contributed by atoms with Gasteiger partial charge in [-0.1, -0.05) is 80.3 Å². The fourth-order valence-electron chi connectivity index (χ4n) is 5.60. The summed E-state index contributed by atoms with van der Waals surface area (Å²) in [5.74, 6) is 0.412. The van der Waals surface area contributed by atoms with Crippen molar-refractivity contribution in [2.45, 2.75) is 57.4 Å². The Hall–Kier alpha value is -3.12. The van der Waals surface area contributed by atoms with Crippen molar-refractivity contribution in [1.82, 2.24) is 19.6 Å². The monoisotopic (exact) mass is 518 g/mol. The highest BCUT2D eigenvalue weighted by Crippen LogP contribution is 2.31. The number of benzene rings is 2. The number of fused-ring (bicyclic) bond motifs is 1. The lowest BCUT2D eigenvalue weighted by Crippen LogP contribution is -2.49. The molecule has 2 aromatic carbocycles. The third-order valence-electron chi connectivity index (χ3n) is 7.74. The van der Waals surface area contributed by atoms with Crippen molar-refractivity contribution in [2.75, 3.05) is 26.2 Å². The Morgan fingerprint density at radius 2 is 1.76 bits per heavy atom. The van der Waals surface area contributed by atoms with E-state index in [1.165, 1.54) is 5.56 Å². The summed E-state index contributed by atoms with van der Waals surface area (Å²) in [6.07, 6.45) is 6.19. The molecule has 3 heterocycles. The topological polar surface area (TPSA) is 58.4 Å². The van der Waals surface area contributed by atoms with Gasteiger partial charge < -0.3 is 9.80 Å². The molecule has 1 aromatic heterocycles. The molecule has 2 amide bonds. The minimum absolute atomic E-state index is 0.0399. The van der Waals surface area contributed by atoms with Crippen molar-refractivity contribution >= 4 is 23.4 Å². The van der Waals surface area contributed by atoms with E-state index in [-0.39, 0.29) is 24.4 Å². The number of carbonyl (C=O) groups is 2. The standard InChI is InChI=1S/C30H35ClN4O2/c1-2-3-5-10-26-20-34(21-29(36)33-17-15-23(16-18-33)22-8-6-4-7-9-22)30(37)28-19-27(32-35(26)28)24-11-13-25(31)14-12-24/h4,6-9,11-14,19,23,26H,2-3,5,10,15-18,20-21H2,1H3. The van der Waals surface area contributed by atoms with Gasteiger partial charge in [-0.3, -0.25) is 14.3 Å². The van der Waals surface area contributed by atoms with Crippen molar-refractivity contribution in [2.24, 2.45) is 0 Å². The highest BCUT2D eigenvalue weighted by molar-refractivity contribution is 6.30. The number of aromatic nitrogens is 2. The van der Waals surface area contributed by atoms with Gasteiger partial charge in [0.15, 0.2) is 0 Å². The lowest BCUT2D eigenvalue weighted by Gasteiger charge is -2.36. The van der Waals surface area contributed by atoms with Crippen molar-refractivity contribution < 1.29 is 9.59 Å². The van der Waals surface area contributed by atoms with Gasteiger partial charge >= 0.3 is 0 Å². The maximum absolute atomic E-state index is 13.5. The fraction of sp³-hybridized carbons (Fsp3) is 0.433. The average molecular weight is 519 g/mol. The second-order valence-electron chi connectivity index (χ2n) is 10.3. The lowest BCUT2D eigenvalue weighted by atomic mass is 9.89.